The van der Waals surface area contributed by atoms with Crippen molar-refractivity contribution in [2.75, 3.05) is 26.3 Å². The third-order valence-corrected chi connectivity index (χ3v) is 9.94. The predicted octanol–water partition coefficient (Wildman–Crippen LogP) is 6.24. The highest BCUT2D eigenvalue weighted by atomic mass is 16.6. The largest absolute Gasteiger partial charge is 0.493 e. The summed E-state index contributed by atoms with van der Waals surface area (Å²) in [5, 5.41) is 33.4. The fraction of sp³-hybridized carbons (Fsp3) is 0.480. The van der Waals surface area contributed by atoms with Gasteiger partial charge in [0.2, 0.25) is 11.8 Å². The van der Waals surface area contributed by atoms with E-state index in [-0.39, 0.29) is 38.9 Å². The summed E-state index contributed by atoms with van der Waals surface area (Å²) in [5.74, 6) is -2.09. The molecule has 6 N–H and O–H groups in total. The van der Waals surface area contributed by atoms with Crippen molar-refractivity contribution >= 4 is 58.5 Å². The fourth-order valence-corrected chi connectivity index (χ4v) is 6.97. The van der Waals surface area contributed by atoms with E-state index in [1.54, 1.807) is 47.6 Å². The molecule has 1 aliphatic rings. The maximum absolute atomic E-state index is 12.9. The van der Waals surface area contributed by atoms with Gasteiger partial charge < -0.3 is 50.4 Å². The number of ether oxygens (including phenoxy) is 4. The summed E-state index contributed by atoms with van der Waals surface area (Å²) in [7, 11) is 0. The SMILES string of the molecule is CC(C)(C)OC(=O)NCCCC[C@@H](NC(=O)CCCOc1ccc2c(c1-c1c(OCCCC(=O)N[C@H](CCCCNC(=O)OC(C)(C)C)C(=O)O)ccc3ccccc13)=CC=C=C=2)C(=O)O. The van der Waals surface area contributed by atoms with E-state index in [2.05, 4.69) is 32.7 Å². The lowest BCUT2D eigenvalue weighted by Gasteiger charge is -2.20. The maximum atomic E-state index is 12.9. The van der Waals surface area contributed by atoms with E-state index in [1.807, 2.05) is 54.6 Å². The van der Waals surface area contributed by atoms with E-state index in [9.17, 15) is 39.0 Å². The summed E-state index contributed by atoms with van der Waals surface area (Å²) in [4.78, 5) is 73.5. The smallest absolute Gasteiger partial charge is 0.407 e. The number of aliphatic carboxylic acids is 2. The number of amides is 4. The standard InChI is InChI=1S/C50H64N4O12/c1-49(2,3)65-47(61)51-29-13-11-21-37(45(57)58)53-41(55)23-15-31-63-39-27-25-33-17-7-9-19-35(33)43(39)44-36-20-10-8-18-34(36)26-28-40(44)64-32-16-24-42(56)54-38(46(59)60)22-12-14-30-52-48(62)66-50(4,5)6/h7,9-10,17,19-20,25-28,37-38H,11-16,21-24,29-32H2,1-6H3,(H,51,61)(H,52,62)(H,53,55)(H,54,56)(H,57,58)(H,59,60)/t37-,38-/m1/s1. The number of hydrogen-bond donors (Lipinski definition) is 6. The number of unbranched alkanes of at least 4 members (excludes halogenated alkanes) is 2. The molecule has 66 heavy (non-hydrogen) atoms. The van der Waals surface area contributed by atoms with Gasteiger partial charge >= 0.3 is 24.1 Å². The Bertz CT molecular complexity index is 2410. The third kappa shape index (κ3) is 17.7. The molecule has 1 aliphatic carbocycles. The first kappa shape index (κ1) is 51.9. The minimum absolute atomic E-state index is 0.0202. The second kappa shape index (κ2) is 25.1. The zero-order chi connectivity index (χ0) is 48.3. The highest BCUT2D eigenvalue weighted by molar-refractivity contribution is 6.01. The number of rotatable bonds is 25. The Morgan fingerprint density at radius 1 is 0.621 bits per heavy atom. The molecule has 356 valence electrons. The Labute approximate surface area is 385 Å². The monoisotopic (exact) mass is 912 g/mol. The Morgan fingerprint density at radius 2 is 1.12 bits per heavy atom. The lowest BCUT2D eigenvalue weighted by atomic mass is 9.93. The van der Waals surface area contributed by atoms with Crippen LogP contribution in [0, 0.1) is 0 Å². The van der Waals surface area contributed by atoms with Crippen LogP contribution in [0.25, 0.3) is 33.7 Å². The quantitative estimate of drug-likeness (QED) is 0.0410. The van der Waals surface area contributed by atoms with Crippen LogP contribution in [-0.4, -0.2) is 95.7 Å². The summed E-state index contributed by atoms with van der Waals surface area (Å²) < 4.78 is 23.2. The molecule has 0 heterocycles. The molecule has 16 nitrogen and oxygen atoms in total. The van der Waals surface area contributed by atoms with E-state index < -0.39 is 59.2 Å². The first-order valence-corrected chi connectivity index (χ1v) is 22.4. The van der Waals surface area contributed by atoms with Crippen molar-refractivity contribution in [3.8, 4) is 22.6 Å². The first-order chi connectivity index (χ1) is 31.3. The van der Waals surface area contributed by atoms with Crippen molar-refractivity contribution in [2.24, 2.45) is 0 Å². The number of fused-ring (bicyclic) bond motifs is 2. The highest BCUT2D eigenvalue weighted by Gasteiger charge is 2.23. The van der Waals surface area contributed by atoms with Gasteiger partial charge in [-0.3, -0.25) is 9.59 Å². The Kier molecular flexibility index (Phi) is 19.7. The van der Waals surface area contributed by atoms with Crippen molar-refractivity contribution in [1.29, 1.82) is 0 Å². The number of hydrogen-bond acceptors (Lipinski definition) is 10. The zero-order valence-corrected chi connectivity index (χ0v) is 38.8. The average Bonchev–Trinajstić information content (AvgIpc) is 3.24. The van der Waals surface area contributed by atoms with E-state index in [0.717, 1.165) is 32.3 Å². The third-order valence-electron chi connectivity index (χ3n) is 9.94. The number of nitrogens with one attached hydrogen (secondary N) is 4. The number of carboxylic acid groups (broad SMARTS) is 2. The van der Waals surface area contributed by atoms with Crippen LogP contribution in [0.15, 0.2) is 60.3 Å². The molecule has 4 rings (SSSR count). The molecule has 0 radical (unpaired) electrons. The van der Waals surface area contributed by atoms with Gasteiger partial charge in [-0.05, 0) is 134 Å². The van der Waals surface area contributed by atoms with Crippen LogP contribution >= 0.6 is 0 Å². The molecule has 0 spiro atoms. The van der Waals surface area contributed by atoms with Crippen molar-refractivity contribution < 1.29 is 57.9 Å². The van der Waals surface area contributed by atoms with Gasteiger partial charge in [0.1, 0.15) is 34.8 Å². The molecule has 0 saturated heterocycles. The van der Waals surface area contributed by atoms with Crippen LogP contribution < -0.4 is 41.2 Å². The summed E-state index contributed by atoms with van der Waals surface area (Å²) in [5.41, 5.74) is 6.38. The predicted molar refractivity (Wildman–Crippen MR) is 249 cm³/mol. The van der Waals surface area contributed by atoms with Gasteiger partial charge in [0.25, 0.3) is 0 Å². The molecular formula is C50H64N4O12. The van der Waals surface area contributed by atoms with Crippen molar-refractivity contribution in [3.63, 3.8) is 0 Å². The molecule has 0 unspecified atom stereocenters. The van der Waals surface area contributed by atoms with Crippen molar-refractivity contribution in [2.45, 2.75) is 129 Å². The van der Waals surface area contributed by atoms with Crippen LogP contribution in [0.3, 0.4) is 0 Å². The number of carboxylic acids is 2. The Hall–Kier alpha value is -6.76. The van der Waals surface area contributed by atoms with Gasteiger partial charge in [0.15, 0.2) is 0 Å². The summed E-state index contributed by atoms with van der Waals surface area (Å²) >= 11 is 0. The van der Waals surface area contributed by atoms with E-state index in [0.29, 0.717) is 63.1 Å². The lowest BCUT2D eigenvalue weighted by molar-refractivity contribution is -0.142. The topological polar surface area (TPSA) is 228 Å². The van der Waals surface area contributed by atoms with Crippen molar-refractivity contribution in [1.82, 2.24) is 21.3 Å². The zero-order valence-electron chi connectivity index (χ0n) is 38.8. The number of alkyl carbamates (subject to hydrolysis) is 2. The molecule has 3 aromatic rings. The summed E-state index contributed by atoms with van der Waals surface area (Å²) in [6, 6.07) is 13.1. The summed E-state index contributed by atoms with van der Waals surface area (Å²) in [6.07, 6.45) is 5.51. The van der Waals surface area contributed by atoms with Crippen LogP contribution in [0.5, 0.6) is 11.5 Å². The van der Waals surface area contributed by atoms with Crippen LogP contribution in [0.2, 0.25) is 0 Å². The Morgan fingerprint density at radius 3 is 1.64 bits per heavy atom. The number of allylic oxidation sites excluding steroid dienone is 1. The number of carbonyl (C=O) groups is 6. The highest BCUT2D eigenvalue weighted by Crippen LogP contribution is 2.40. The molecular weight excluding hydrogens is 849 g/mol. The van der Waals surface area contributed by atoms with E-state index in [4.69, 9.17) is 18.9 Å². The number of benzene rings is 3. The molecule has 4 amide bonds. The molecule has 16 heteroatoms. The Balaban J connectivity index is 1.37. The van der Waals surface area contributed by atoms with E-state index >= 15 is 0 Å². The molecule has 3 aromatic carbocycles. The minimum Gasteiger partial charge on any atom is -0.493 e. The molecule has 2 atom stereocenters. The normalized spacial score (nSPS) is 12.6. The minimum atomic E-state index is -1.15. The van der Waals surface area contributed by atoms with Gasteiger partial charge in [-0.15, -0.1) is 0 Å². The van der Waals surface area contributed by atoms with Gasteiger partial charge in [0, 0.05) is 47.5 Å². The van der Waals surface area contributed by atoms with Gasteiger partial charge in [-0.2, -0.15) is 0 Å². The second-order valence-corrected chi connectivity index (χ2v) is 17.8. The second-order valence-electron chi connectivity index (χ2n) is 17.8. The maximum Gasteiger partial charge on any atom is 0.407 e. The molecule has 0 fully saturated rings. The lowest BCUT2D eigenvalue weighted by Crippen LogP contribution is -2.41. The number of carbonyl (C=O) groups excluding carboxylic acids is 4. The molecule has 0 aliphatic heterocycles. The summed E-state index contributed by atoms with van der Waals surface area (Å²) in [6.45, 7) is 11.5. The van der Waals surface area contributed by atoms with E-state index in [1.165, 1.54) is 0 Å². The fourth-order valence-electron chi connectivity index (χ4n) is 6.97. The molecule has 0 aromatic heterocycles. The van der Waals surface area contributed by atoms with Crippen LogP contribution in [-0.2, 0) is 28.7 Å². The van der Waals surface area contributed by atoms with Gasteiger partial charge in [0.05, 0.1) is 13.2 Å². The first-order valence-electron chi connectivity index (χ1n) is 22.4. The average molecular weight is 913 g/mol. The van der Waals surface area contributed by atoms with Gasteiger partial charge in [-0.1, -0.05) is 41.8 Å². The van der Waals surface area contributed by atoms with Crippen molar-refractivity contribution in [3.05, 3.63) is 70.8 Å². The van der Waals surface area contributed by atoms with Crippen LogP contribution in [0.1, 0.15) is 106 Å². The van der Waals surface area contributed by atoms with Crippen LogP contribution in [0.4, 0.5) is 9.59 Å². The van der Waals surface area contributed by atoms with Gasteiger partial charge in [-0.25, -0.2) is 19.2 Å². The molecule has 0 bridgehead atoms. The molecule has 0 saturated carbocycles.